The summed E-state index contributed by atoms with van der Waals surface area (Å²) >= 11 is 0. The second-order valence-electron chi connectivity index (χ2n) is 4.71. The molecule has 0 bridgehead atoms. The number of likely N-dealkylation sites (tertiary alicyclic amines) is 1. The molecule has 21 heavy (non-hydrogen) atoms. The van der Waals surface area contributed by atoms with Gasteiger partial charge in [-0.15, -0.1) is 0 Å². The molecule has 1 saturated heterocycles. The Bertz CT molecular complexity index is 450. The third-order valence-electron chi connectivity index (χ3n) is 3.19. The lowest BCUT2D eigenvalue weighted by Crippen LogP contribution is -2.43. The van der Waals surface area contributed by atoms with Crippen LogP contribution in [0.15, 0.2) is 30.3 Å². The first-order valence-corrected chi connectivity index (χ1v) is 6.85. The maximum absolute atomic E-state index is 11.1. The van der Waals surface area contributed by atoms with Crippen molar-refractivity contribution < 1.29 is 19.4 Å². The van der Waals surface area contributed by atoms with Gasteiger partial charge in [-0.25, -0.2) is 4.79 Å². The molecule has 1 amide bonds. The van der Waals surface area contributed by atoms with E-state index in [1.54, 1.807) is 7.11 Å². The van der Waals surface area contributed by atoms with Gasteiger partial charge in [0, 0.05) is 13.7 Å². The lowest BCUT2D eigenvalue weighted by atomic mass is 10.2. The molecule has 116 valence electrons. The van der Waals surface area contributed by atoms with Gasteiger partial charge >= 0.3 is 5.97 Å². The average molecular weight is 294 g/mol. The third kappa shape index (κ3) is 5.53. The molecular weight excluding hydrogens is 272 g/mol. The molecule has 1 aromatic carbocycles. The highest BCUT2D eigenvalue weighted by atomic mass is 16.5. The van der Waals surface area contributed by atoms with Gasteiger partial charge in [-0.2, -0.15) is 0 Å². The fourth-order valence-corrected chi connectivity index (χ4v) is 2.18. The Morgan fingerprint density at radius 2 is 2.05 bits per heavy atom. The number of benzene rings is 1. The van der Waals surface area contributed by atoms with E-state index in [-0.39, 0.29) is 12.5 Å². The largest absolute Gasteiger partial charge is 0.480 e. The fourth-order valence-electron chi connectivity index (χ4n) is 2.18. The Balaban J connectivity index is 0.000000219. The lowest BCUT2D eigenvalue weighted by Gasteiger charge is -2.20. The van der Waals surface area contributed by atoms with E-state index in [0.717, 1.165) is 6.42 Å². The Morgan fingerprint density at radius 3 is 2.57 bits per heavy atom. The van der Waals surface area contributed by atoms with Gasteiger partial charge in [0.15, 0.2) is 0 Å². The highest BCUT2D eigenvalue weighted by Crippen LogP contribution is 2.16. The summed E-state index contributed by atoms with van der Waals surface area (Å²) in [6.07, 6.45) is 1.30. The molecule has 1 aliphatic rings. The highest BCUT2D eigenvalue weighted by Gasteiger charge is 2.32. The van der Waals surface area contributed by atoms with Crippen molar-refractivity contribution in [2.45, 2.75) is 25.5 Å². The maximum atomic E-state index is 11.1. The number of nitrogens with zero attached hydrogens (tertiary/aromatic N) is 1. The second-order valence-corrected chi connectivity index (χ2v) is 4.71. The van der Waals surface area contributed by atoms with Crippen molar-refractivity contribution in [3.8, 4) is 0 Å². The molecule has 1 aromatic rings. The van der Waals surface area contributed by atoms with Crippen molar-refractivity contribution in [3.05, 3.63) is 35.9 Å². The Kier molecular flexibility index (Phi) is 7.42. The van der Waals surface area contributed by atoms with E-state index in [9.17, 15) is 9.59 Å². The van der Waals surface area contributed by atoms with Crippen LogP contribution in [0.4, 0.5) is 0 Å². The molecule has 0 saturated carbocycles. The molecule has 1 aliphatic heterocycles. The van der Waals surface area contributed by atoms with Crippen molar-refractivity contribution in [1.29, 1.82) is 0 Å². The minimum atomic E-state index is -0.936. The molecule has 0 radical (unpaired) electrons. The van der Waals surface area contributed by atoms with Gasteiger partial charge in [0.25, 0.3) is 0 Å². The van der Waals surface area contributed by atoms with Gasteiger partial charge in [-0.05, 0) is 18.4 Å². The van der Waals surface area contributed by atoms with Crippen molar-refractivity contribution in [1.82, 2.24) is 4.90 Å². The van der Waals surface area contributed by atoms with Crippen LogP contribution in [-0.2, 0) is 20.9 Å². The predicted octanol–water partition coefficient (Wildman–Crippen LogP) is 0.854. The summed E-state index contributed by atoms with van der Waals surface area (Å²) in [5.74, 6) is -1.21. The molecule has 3 N–H and O–H groups in total. The van der Waals surface area contributed by atoms with Crippen molar-refractivity contribution in [2.24, 2.45) is 5.73 Å². The molecule has 1 fully saturated rings. The molecule has 0 aromatic heterocycles. The Hall–Kier alpha value is -1.92. The average Bonchev–Trinajstić information content (AvgIpc) is 2.98. The number of hydrogen-bond acceptors (Lipinski definition) is 4. The van der Waals surface area contributed by atoms with Crippen LogP contribution in [0.3, 0.4) is 0 Å². The summed E-state index contributed by atoms with van der Waals surface area (Å²) < 4.78 is 4.93. The van der Waals surface area contributed by atoms with Crippen LogP contribution < -0.4 is 5.73 Å². The van der Waals surface area contributed by atoms with E-state index >= 15 is 0 Å². The number of hydrogen-bond donors (Lipinski definition) is 2. The summed E-state index contributed by atoms with van der Waals surface area (Å²) in [5.41, 5.74) is 6.35. The first-order chi connectivity index (χ1) is 10.1. The summed E-state index contributed by atoms with van der Waals surface area (Å²) in [6.45, 7) is 1.12. The number of rotatable bonds is 4. The molecule has 6 nitrogen and oxygen atoms in total. The summed E-state index contributed by atoms with van der Waals surface area (Å²) in [5, 5.41) is 8.69. The molecular formula is C15H22N2O4. The van der Waals surface area contributed by atoms with Crippen molar-refractivity contribution in [3.63, 3.8) is 0 Å². The normalized spacial score (nSPS) is 17.0. The first-order valence-electron chi connectivity index (χ1n) is 6.85. The number of nitrogens with two attached hydrogens (primary N) is 1. The second kappa shape index (κ2) is 9.10. The molecule has 0 spiro atoms. The Morgan fingerprint density at radius 1 is 1.38 bits per heavy atom. The van der Waals surface area contributed by atoms with Crippen LogP contribution in [-0.4, -0.2) is 48.1 Å². The van der Waals surface area contributed by atoms with E-state index in [0.29, 0.717) is 19.6 Å². The van der Waals surface area contributed by atoms with Crippen LogP contribution in [0.25, 0.3) is 0 Å². The van der Waals surface area contributed by atoms with Crippen LogP contribution in [0.2, 0.25) is 0 Å². The SMILES string of the molecule is COCc1ccccc1.NCC(=O)N1CCCC1C(=O)O. The number of amides is 1. The minimum Gasteiger partial charge on any atom is -0.480 e. The van der Waals surface area contributed by atoms with E-state index in [4.69, 9.17) is 15.6 Å². The monoisotopic (exact) mass is 294 g/mol. The highest BCUT2D eigenvalue weighted by molar-refractivity contribution is 5.85. The molecule has 2 rings (SSSR count). The third-order valence-corrected chi connectivity index (χ3v) is 3.19. The number of methoxy groups -OCH3 is 1. The number of carbonyl (C=O) groups excluding carboxylic acids is 1. The van der Waals surface area contributed by atoms with Gasteiger partial charge in [0.2, 0.25) is 5.91 Å². The van der Waals surface area contributed by atoms with Gasteiger partial charge in [-0.1, -0.05) is 30.3 Å². The van der Waals surface area contributed by atoms with E-state index in [1.807, 2.05) is 30.3 Å². The number of ether oxygens (including phenoxy) is 1. The van der Waals surface area contributed by atoms with Crippen LogP contribution in [0.5, 0.6) is 0 Å². The molecule has 0 aliphatic carbocycles. The van der Waals surface area contributed by atoms with Gasteiger partial charge < -0.3 is 20.5 Å². The Labute approximate surface area is 124 Å². The number of carboxylic acids is 1. The summed E-state index contributed by atoms with van der Waals surface area (Å²) in [6, 6.07) is 9.45. The zero-order valence-electron chi connectivity index (χ0n) is 12.2. The van der Waals surface area contributed by atoms with Crippen molar-refractivity contribution >= 4 is 11.9 Å². The van der Waals surface area contributed by atoms with E-state index < -0.39 is 12.0 Å². The predicted molar refractivity (Wildman–Crippen MR) is 78.6 cm³/mol. The van der Waals surface area contributed by atoms with Crippen LogP contribution in [0, 0.1) is 0 Å². The standard InChI is InChI=1S/C8H10O.C7H12N2O3/c1-9-7-8-5-3-2-4-6-8;8-4-6(10)9-3-1-2-5(9)7(11)12/h2-6H,7H2,1H3;5H,1-4,8H2,(H,11,12). The van der Waals surface area contributed by atoms with E-state index in [2.05, 4.69) is 0 Å². The quantitative estimate of drug-likeness (QED) is 0.859. The van der Waals surface area contributed by atoms with Crippen molar-refractivity contribution in [2.75, 3.05) is 20.2 Å². The van der Waals surface area contributed by atoms with Crippen LogP contribution >= 0.6 is 0 Å². The lowest BCUT2D eigenvalue weighted by molar-refractivity contribution is -0.147. The molecule has 1 heterocycles. The maximum Gasteiger partial charge on any atom is 0.326 e. The van der Waals surface area contributed by atoms with Gasteiger partial charge in [-0.3, -0.25) is 4.79 Å². The zero-order chi connectivity index (χ0) is 15.7. The van der Waals surface area contributed by atoms with Gasteiger partial charge in [0.05, 0.1) is 13.2 Å². The number of carbonyl (C=O) groups is 2. The summed E-state index contributed by atoms with van der Waals surface area (Å²) in [7, 11) is 1.70. The smallest absolute Gasteiger partial charge is 0.326 e. The zero-order valence-corrected chi connectivity index (χ0v) is 12.2. The fraction of sp³-hybridized carbons (Fsp3) is 0.467. The molecule has 1 atom stereocenters. The topological polar surface area (TPSA) is 92.9 Å². The number of aliphatic carboxylic acids is 1. The summed E-state index contributed by atoms with van der Waals surface area (Å²) in [4.78, 5) is 23.0. The molecule has 6 heteroatoms. The number of carboxylic acid groups (broad SMARTS) is 1. The molecule has 1 unspecified atom stereocenters. The van der Waals surface area contributed by atoms with Gasteiger partial charge in [0.1, 0.15) is 6.04 Å². The first kappa shape index (κ1) is 17.1. The van der Waals surface area contributed by atoms with Crippen LogP contribution in [0.1, 0.15) is 18.4 Å². The minimum absolute atomic E-state index is 0.107. The van der Waals surface area contributed by atoms with E-state index in [1.165, 1.54) is 10.5 Å².